The number of anilines is 1. The molecule has 3 N–H and O–H groups in total. The van der Waals surface area contributed by atoms with Crippen LogP contribution in [0, 0.1) is 11.6 Å². The summed E-state index contributed by atoms with van der Waals surface area (Å²) in [5, 5.41) is 9.42. The average molecular weight is 344 g/mol. The Morgan fingerprint density at radius 3 is 2.61 bits per heavy atom. The summed E-state index contributed by atoms with van der Waals surface area (Å²) in [5.74, 6) is -1.51. The summed E-state index contributed by atoms with van der Waals surface area (Å²) < 4.78 is 37.9. The molecule has 0 saturated carbocycles. The number of ether oxygens (including phenoxy) is 2. The van der Waals surface area contributed by atoms with Crippen LogP contribution < -0.4 is 15.2 Å². The quantitative estimate of drug-likeness (QED) is 0.790. The molecule has 0 aliphatic rings. The molecule has 0 radical (unpaired) electrons. The lowest BCUT2D eigenvalue weighted by atomic mass is 10.1. The van der Waals surface area contributed by atoms with Crippen LogP contribution in [0.15, 0.2) is 24.3 Å². The van der Waals surface area contributed by atoms with Gasteiger partial charge in [0.2, 0.25) is 0 Å². The zero-order valence-corrected chi connectivity index (χ0v) is 13.2. The molecule has 0 unspecified atom stereocenters. The van der Waals surface area contributed by atoms with Crippen LogP contribution in [0.25, 0.3) is 0 Å². The van der Waals surface area contributed by atoms with Gasteiger partial charge in [0.05, 0.1) is 23.4 Å². The summed E-state index contributed by atoms with van der Waals surface area (Å²) >= 11 is 5.94. The Morgan fingerprint density at radius 1 is 1.22 bits per heavy atom. The van der Waals surface area contributed by atoms with Gasteiger partial charge >= 0.3 is 0 Å². The molecule has 23 heavy (non-hydrogen) atoms. The second kappa shape index (κ2) is 7.48. The summed E-state index contributed by atoms with van der Waals surface area (Å²) in [6, 6.07) is 5.36. The van der Waals surface area contributed by atoms with Gasteiger partial charge in [-0.2, -0.15) is 0 Å². The minimum atomic E-state index is -1.03. The highest BCUT2D eigenvalue weighted by molar-refractivity contribution is 6.33. The molecule has 2 rings (SSSR count). The van der Waals surface area contributed by atoms with Crippen molar-refractivity contribution in [2.75, 3.05) is 19.5 Å². The van der Waals surface area contributed by atoms with Gasteiger partial charge in [0.25, 0.3) is 0 Å². The van der Waals surface area contributed by atoms with E-state index in [9.17, 15) is 8.78 Å². The summed E-state index contributed by atoms with van der Waals surface area (Å²) in [6.07, 6.45) is 0.290. The van der Waals surface area contributed by atoms with Crippen molar-refractivity contribution in [3.63, 3.8) is 0 Å². The highest BCUT2D eigenvalue weighted by atomic mass is 35.5. The predicted octanol–water partition coefficient (Wildman–Crippen LogP) is 3.32. The third-order valence-electron chi connectivity index (χ3n) is 3.31. The lowest BCUT2D eigenvalue weighted by molar-refractivity contribution is 0.274. The van der Waals surface area contributed by atoms with Crippen LogP contribution in [-0.4, -0.2) is 18.8 Å². The van der Waals surface area contributed by atoms with E-state index in [0.717, 1.165) is 6.07 Å². The van der Waals surface area contributed by atoms with Gasteiger partial charge in [-0.05, 0) is 30.2 Å². The third kappa shape index (κ3) is 3.83. The molecular formula is C16H16ClF2NO3. The van der Waals surface area contributed by atoms with E-state index in [-0.39, 0.29) is 36.6 Å². The predicted molar refractivity (Wildman–Crippen MR) is 83.9 cm³/mol. The smallest absolute Gasteiger partial charge is 0.169 e. The number of nitrogen functional groups attached to an aromatic ring is 1. The van der Waals surface area contributed by atoms with E-state index < -0.39 is 11.6 Å². The number of aliphatic hydroxyl groups excluding tert-OH is 1. The zero-order valence-electron chi connectivity index (χ0n) is 12.4. The fourth-order valence-corrected chi connectivity index (χ4v) is 2.30. The first-order chi connectivity index (χ1) is 11.0. The normalized spacial score (nSPS) is 10.7. The van der Waals surface area contributed by atoms with Crippen molar-refractivity contribution in [1.82, 2.24) is 0 Å². The number of methoxy groups -OCH3 is 1. The van der Waals surface area contributed by atoms with Gasteiger partial charge in [0.1, 0.15) is 18.1 Å². The number of nitrogens with two attached hydrogens (primary N) is 1. The maximum atomic E-state index is 13.9. The number of aliphatic hydroxyl groups is 1. The zero-order chi connectivity index (χ0) is 17.0. The molecule has 2 aromatic carbocycles. The van der Waals surface area contributed by atoms with Crippen molar-refractivity contribution in [3.8, 4) is 11.5 Å². The van der Waals surface area contributed by atoms with E-state index in [2.05, 4.69) is 0 Å². The molecule has 2 aromatic rings. The first kappa shape index (κ1) is 17.3. The summed E-state index contributed by atoms with van der Waals surface area (Å²) in [4.78, 5) is 0. The van der Waals surface area contributed by atoms with E-state index in [1.807, 2.05) is 0 Å². The lowest BCUT2D eigenvalue weighted by Crippen LogP contribution is -2.06. The first-order valence-electron chi connectivity index (χ1n) is 6.80. The molecule has 124 valence electrons. The molecular weight excluding hydrogens is 328 g/mol. The molecule has 0 aliphatic heterocycles. The number of halogens is 3. The molecule has 4 nitrogen and oxygen atoms in total. The molecule has 0 aromatic heterocycles. The van der Waals surface area contributed by atoms with E-state index in [1.165, 1.54) is 19.2 Å². The minimum absolute atomic E-state index is 0.0454. The Morgan fingerprint density at radius 2 is 1.96 bits per heavy atom. The molecule has 0 heterocycles. The van der Waals surface area contributed by atoms with Crippen molar-refractivity contribution in [2.45, 2.75) is 13.0 Å². The molecule has 0 atom stereocenters. The van der Waals surface area contributed by atoms with Crippen molar-refractivity contribution in [3.05, 3.63) is 52.0 Å². The highest BCUT2D eigenvalue weighted by Crippen LogP contribution is 2.31. The third-order valence-corrected chi connectivity index (χ3v) is 3.63. The largest absolute Gasteiger partial charge is 0.496 e. The minimum Gasteiger partial charge on any atom is -0.496 e. The average Bonchev–Trinajstić information content (AvgIpc) is 2.53. The van der Waals surface area contributed by atoms with Crippen LogP contribution >= 0.6 is 11.6 Å². The van der Waals surface area contributed by atoms with Gasteiger partial charge in [-0.1, -0.05) is 11.6 Å². The van der Waals surface area contributed by atoms with Crippen LogP contribution in [0.2, 0.25) is 5.02 Å². The van der Waals surface area contributed by atoms with Gasteiger partial charge < -0.3 is 20.3 Å². The topological polar surface area (TPSA) is 64.7 Å². The fraction of sp³-hybridized carbons (Fsp3) is 0.250. The van der Waals surface area contributed by atoms with Crippen molar-refractivity contribution >= 4 is 17.3 Å². The Bertz CT molecular complexity index is 710. The lowest BCUT2D eigenvalue weighted by Gasteiger charge is -2.15. The summed E-state index contributed by atoms with van der Waals surface area (Å²) in [6.45, 7) is -0.374. The SMILES string of the molecule is COc1ccc(F)c(F)c1COc1cc(N)c(Cl)cc1CCO. The van der Waals surface area contributed by atoms with Crippen LogP contribution in [0.4, 0.5) is 14.5 Å². The van der Waals surface area contributed by atoms with Gasteiger partial charge in [0, 0.05) is 12.7 Å². The van der Waals surface area contributed by atoms with E-state index >= 15 is 0 Å². The molecule has 0 fully saturated rings. The van der Waals surface area contributed by atoms with Crippen LogP contribution in [0.1, 0.15) is 11.1 Å². The van der Waals surface area contributed by atoms with Crippen molar-refractivity contribution < 1.29 is 23.4 Å². The van der Waals surface area contributed by atoms with Crippen molar-refractivity contribution in [2.24, 2.45) is 0 Å². The summed E-state index contributed by atoms with van der Waals surface area (Å²) in [5.41, 5.74) is 6.59. The number of hydrogen-bond donors (Lipinski definition) is 2. The van der Waals surface area contributed by atoms with Crippen LogP contribution in [0.5, 0.6) is 11.5 Å². The van der Waals surface area contributed by atoms with Gasteiger partial charge in [-0.15, -0.1) is 0 Å². The number of hydrogen-bond acceptors (Lipinski definition) is 4. The Balaban J connectivity index is 2.31. The number of rotatable bonds is 6. The van der Waals surface area contributed by atoms with Crippen LogP contribution in [-0.2, 0) is 13.0 Å². The molecule has 0 amide bonds. The van der Waals surface area contributed by atoms with Gasteiger partial charge in [-0.25, -0.2) is 8.78 Å². The second-order valence-electron chi connectivity index (χ2n) is 4.79. The van der Waals surface area contributed by atoms with Crippen LogP contribution in [0.3, 0.4) is 0 Å². The highest BCUT2D eigenvalue weighted by Gasteiger charge is 2.16. The Kier molecular flexibility index (Phi) is 5.63. The molecule has 0 aliphatic carbocycles. The second-order valence-corrected chi connectivity index (χ2v) is 5.19. The fourth-order valence-electron chi connectivity index (χ4n) is 2.11. The maximum absolute atomic E-state index is 13.9. The molecule has 0 spiro atoms. The number of benzene rings is 2. The first-order valence-corrected chi connectivity index (χ1v) is 7.18. The summed E-state index contributed by atoms with van der Waals surface area (Å²) in [7, 11) is 1.35. The standard InChI is InChI=1S/C16H16ClF2NO3/c1-22-14-3-2-12(18)16(19)10(14)8-23-15-7-13(20)11(17)6-9(15)4-5-21/h2-3,6-7,21H,4-5,8,20H2,1H3. The van der Waals surface area contributed by atoms with Gasteiger partial charge in [-0.3, -0.25) is 0 Å². The van der Waals surface area contributed by atoms with E-state index in [0.29, 0.717) is 16.3 Å². The van der Waals surface area contributed by atoms with E-state index in [4.69, 9.17) is 31.9 Å². The molecule has 0 bridgehead atoms. The Hall–Kier alpha value is -2.05. The molecule has 7 heteroatoms. The van der Waals surface area contributed by atoms with Gasteiger partial charge in [0.15, 0.2) is 11.6 Å². The maximum Gasteiger partial charge on any atom is 0.169 e. The molecule has 0 saturated heterocycles. The van der Waals surface area contributed by atoms with E-state index in [1.54, 1.807) is 6.07 Å². The Labute approximate surface area is 137 Å². The van der Waals surface area contributed by atoms with Crippen molar-refractivity contribution in [1.29, 1.82) is 0 Å². The monoisotopic (exact) mass is 343 g/mol.